The predicted octanol–water partition coefficient (Wildman–Crippen LogP) is 1.18. The molecule has 170 valence electrons. The average molecular weight is 440 g/mol. The first-order chi connectivity index (χ1) is 15.0. The number of aromatic nitrogens is 1. The zero-order chi connectivity index (χ0) is 22.0. The van der Waals surface area contributed by atoms with Gasteiger partial charge in [-0.1, -0.05) is 31.0 Å². The van der Waals surface area contributed by atoms with Gasteiger partial charge >= 0.3 is 0 Å². The lowest BCUT2D eigenvalue weighted by molar-refractivity contribution is -0.128. The molecule has 2 aromatic rings. The summed E-state index contributed by atoms with van der Waals surface area (Å²) in [6.07, 6.45) is 4.51. The SMILES string of the molecule is N#C[C@H](C[C@@H]1CCCNC1=O)NC(=O)[C@H](CC1CC1)n1c(C(N)=O)cc2ccccc21.O. The second-order valence-corrected chi connectivity index (χ2v) is 8.57. The van der Waals surface area contributed by atoms with Crippen LogP contribution in [0.15, 0.2) is 30.3 Å². The number of benzene rings is 1. The minimum absolute atomic E-state index is 0. The molecule has 0 bridgehead atoms. The fourth-order valence-corrected chi connectivity index (χ4v) is 4.46. The number of hydrogen-bond donors (Lipinski definition) is 3. The maximum atomic E-state index is 13.4. The Morgan fingerprint density at radius 1 is 1.25 bits per heavy atom. The summed E-state index contributed by atoms with van der Waals surface area (Å²) in [5.74, 6) is -0.863. The summed E-state index contributed by atoms with van der Waals surface area (Å²) in [7, 11) is 0. The summed E-state index contributed by atoms with van der Waals surface area (Å²) in [6, 6.07) is 9.88. The molecule has 9 nitrogen and oxygen atoms in total. The number of nitrogens with zero attached hydrogens (tertiary/aromatic N) is 2. The molecular formula is C23H29N5O4. The van der Waals surface area contributed by atoms with Crippen molar-refractivity contribution in [3.05, 3.63) is 36.0 Å². The van der Waals surface area contributed by atoms with Crippen molar-refractivity contribution in [2.45, 2.75) is 50.6 Å². The summed E-state index contributed by atoms with van der Waals surface area (Å²) in [5, 5.41) is 16.1. The smallest absolute Gasteiger partial charge is 0.265 e. The second-order valence-electron chi connectivity index (χ2n) is 8.57. The minimum Gasteiger partial charge on any atom is -0.412 e. The molecule has 0 unspecified atom stereocenters. The highest BCUT2D eigenvalue weighted by atomic mass is 16.2. The predicted molar refractivity (Wildman–Crippen MR) is 118 cm³/mol. The molecule has 0 spiro atoms. The number of carbonyl (C=O) groups excluding carboxylic acids is 3. The third-order valence-corrected chi connectivity index (χ3v) is 6.26. The third-order valence-electron chi connectivity index (χ3n) is 6.26. The van der Waals surface area contributed by atoms with E-state index in [0.29, 0.717) is 25.3 Å². The van der Waals surface area contributed by atoms with Crippen LogP contribution in [-0.4, -0.2) is 40.4 Å². The Morgan fingerprint density at radius 2 is 2.00 bits per heavy atom. The van der Waals surface area contributed by atoms with Crippen LogP contribution in [-0.2, 0) is 9.59 Å². The van der Waals surface area contributed by atoms with Gasteiger partial charge in [-0.05, 0) is 43.7 Å². The van der Waals surface area contributed by atoms with Gasteiger partial charge in [0, 0.05) is 23.4 Å². The number of primary amides is 1. The number of para-hydroxylation sites is 1. The van der Waals surface area contributed by atoms with E-state index in [2.05, 4.69) is 16.7 Å². The highest BCUT2D eigenvalue weighted by Gasteiger charge is 2.35. The largest absolute Gasteiger partial charge is 0.412 e. The molecule has 1 aliphatic heterocycles. The molecule has 1 saturated heterocycles. The highest BCUT2D eigenvalue weighted by Crippen LogP contribution is 2.39. The van der Waals surface area contributed by atoms with Gasteiger partial charge in [-0.3, -0.25) is 14.4 Å². The lowest BCUT2D eigenvalue weighted by atomic mass is 9.92. The number of piperidine rings is 1. The van der Waals surface area contributed by atoms with E-state index < -0.39 is 18.0 Å². The Hall–Kier alpha value is -3.38. The van der Waals surface area contributed by atoms with Crippen LogP contribution in [0, 0.1) is 23.2 Å². The summed E-state index contributed by atoms with van der Waals surface area (Å²) < 4.78 is 1.72. The standard InChI is InChI=1S/C23H27N5O3.H2O/c24-13-17(11-16-5-3-9-26-22(16)30)27-23(31)20(10-14-7-8-14)28-18-6-2-1-4-15(18)12-19(28)21(25)29;/h1-2,4,6,12,14,16-17,20H,3,5,7-11H2,(H2,25,29)(H,26,30)(H,27,31);1H2/t16-,17-,20-;/m0./s1. The van der Waals surface area contributed by atoms with Gasteiger partial charge in [-0.2, -0.15) is 5.26 Å². The molecule has 2 heterocycles. The van der Waals surface area contributed by atoms with Crippen molar-refractivity contribution in [2.75, 3.05) is 6.54 Å². The van der Waals surface area contributed by atoms with E-state index in [4.69, 9.17) is 5.73 Å². The zero-order valence-electron chi connectivity index (χ0n) is 17.8. The number of nitrogens with one attached hydrogen (secondary N) is 2. The van der Waals surface area contributed by atoms with Crippen molar-refractivity contribution < 1.29 is 19.9 Å². The summed E-state index contributed by atoms with van der Waals surface area (Å²) in [5.41, 5.74) is 6.68. The van der Waals surface area contributed by atoms with Crippen LogP contribution < -0.4 is 16.4 Å². The first kappa shape index (κ1) is 23.3. The topological polar surface area (TPSA) is 162 Å². The number of nitriles is 1. The maximum absolute atomic E-state index is 13.4. The van der Waals surface area contributed by atoms with Crippen LogP contribution in [0.25, 0.3) is 10.9 Å². The Kier molecular flexibility index (Phi) is 7.15. The van der Waals surface area contributed by atoms with E-state index in [1.165, 1.54) is 0 Å². The van der Waals surface area contributed by atoms with Crippen molar-refractivity contribution in [1.82, 2.24) is 15.2 Å². The Bertz CT molecular complexity index is 1050. The number of hydrogen-bond acceptors (Lipinski definition) is 4. The van der Waals surface area contributed by atoms with E-state index in [1.807, 2.05) is 24.3 Å². The number of nitrogens with two attached hydrogens (primary N) is 1. The normalized spacial score (nSPS) is 19.8. The fourth-order valence-electron chi connectivity index (χ4n) is 4.46. The monoisotopic (exact) mass is 439 g/mol. The zero-order valence-corrected chi connectivity index (χ0v) is 17.8. The molecule has 2 fully saturated rings. The van der Waals surface area contributed by atoms with Crippen molar-refractivity contribution in [2.24, 2.45) is 17.6 Å². The quantitative estimate of drug-likeness (QED) is 0.563. The van der Waals surface area contributed by atoms with Crippen molar-refractivity contribution in [3.8, 4) is 6.07 Å². The third kappa shape index (κ3) is 4.92. The number of fused-ring (bicyclic) bond motifs is 1. The molecule has 3 amide bonds. The van der Waals surface area contributed by atoms with Gasteiger partial charge in [0.15, 0.2) is 0 Å². The van der Waals surface area contributed by atoms with Crippen LogP contribution in [0.3, 0.4) is 0 Å². The molecule has 1 saturated carbocycles. The molecule has 3 atom stereocenters. The second kappa shape index (κ2) is 9.83. The Morgan fingerprint density at radius 3 is 2.66 bits per heavy atom. The molecule has 1 aliphatic carbocycles. The molecule has 9 heteroatoms. The number of carbonyl (C=O) groups is 3. The maximum Gasteiger partial charge on any atom is 0.265 e. The van der Waals surface area contributed by atoms with Crippen LogP contribution in [0.5, 0.6) is 0 Å². The van der Waals surface area contributed by atoms with Crippen LogP contribution >= 0.6 is 0 Å². The van der Waals surface area contributed by atoms with Crippen molar-refractivity contribution in [1.29, 1.82) is 5.26 Å². The molecule has 0 radical (unpaired) electrons. The van der Waals surface area contributed by atoms with Crippen LogP contribution in [0.4, 0.5) is 0 Å². The average Bonchev–Trinajstić information content (AvgIpc) is 3.50. The van der Waals surface area contributed by atoms with Crippen molar-refractivity contribution >= 4 is 28.6 Å². The van der Waals surface area contributed by atoms with Gasteiger partial charge in [0.25, 0.3) is 5.91 Å². The summed E-state index contributed by atoms with van der Waals surface area (Å²) in [4.78, 5) is 37.6. The van der Waals surface area contributed by atoms with Crippen LogP contribution in [0.2, 0.25) is 0 Å². The Labute approximate surface area is 186 Å². The molecular weight excluding hydrogens is 410 g/mol. The highest BCUT2D eigenvalue weighted by molar-refractivity contribution is 5.99. The van der Waals surface area contributed by atoms with Gasteiger partial charge in [-0.25, -0.2) is 0 Å². The van der Waals surface area contributed by atoms with Gasteiger partial charge in [0.05, 0.1) is 6.07 Å². The number of amides is 3. The summed E-state index contributed by atoms with van der Waals surface area (Å²) >= 11 is 0. The molecule has 1 aromatic heterocycles. The van der Waals surface area contributed by atoms with E-state index in [9.17, 15) is 19.6 Å². The minimum atomic E-state index is -0.776. The summed E-state index contributed by atoms with van der Waals surface area (Å²) in [6.45, 7) is 0.652. The molecule has 4 rings (SSSR count). The lowest BCUT2D eigenvalue weighted by Gasteiger charge is -2.26. The molecule has 1 aromatic carbocycles. The van der Waals surface area contributed by atoms with Crippen molar-refractivity contribution in [3.63, 3.8) is 0 Å². The Balaban J connectivity index is 0.00000289. The first-order valence-corrected chi connectivity index (χ1v) is 10.9. The van der Waals surface area contributed by atoms with Gasteiger partial charge in [-0.15, -0.1) is 0 Å². The number of rotatable bonds is 8. The lowest BCUT2D eigenvalue weighted by Crippen LogP contribution is -2.44. The molecule has 32 heavy (non-hydrogen) atoms. The molecule has 6 N–H and O–H groups in total. The van der Waals surface area contributed by atoms with E-state index in [1.54, 1.807) is 10.6 Å². The van der Waals surface area contributed by atoms with Gasteiger partial charge in [0.1, 0.15) is 17.8 Å². The van der Waals surface area contributed by atoms with E-state index in [-0.39, 0.29) is 35.3 Å². The molecule has 2 aliphatic rings. The van der Waals surface area contributed by atoms with Gasteiger partial charge in [0.2, 0.25) is 11.8 Å². The first-order valence-electron chi connectivity index (χ1n) is 10.9. The fraction of sp³-hybridized carbons (Fsp3) is 0.478. The van der Waals surface area contributed by atoms with E-state index >= 15 is 0 Å². The van der Waals surface area contributed by atoms with Gasteiger partial charge < -0.3 is 26.4 Å². The van der Waals surface area contributed by atoms with Crippen LogP contribution in [0.1, 0.15) is 55.1 Å². The van der Waals surface area contributed by atoms with E-state index in [0.717, 1.165) is 30.2 Å².